The quantitative estimate of drug-likeness (QED) is 0.421. The summed E-state index contributed by atoms with van der Waals surface area (Å²) in [6, 6.07) is 13.0. The Hall–Kier alpha value is -3.55. The Morgan fingerprint density at radius 1 is 1.07 bits per heavy atom. The molecule has 4 aromatic rings. The summed E-state index contributed by atoms with van der Waals surface area (Å²) >= 11 is -0.448. The van der Waals surface area contributed by atoms with Gasteiger partial charge in [-0.1, -0.05) is 0 Å². The van der Waals surface area contributed by atoms with Crippen molar-refractivity contribution in [3.8, 4) is 5.95 Å². The van der Waals surface area contributed by atoms with E-state index in [1.54, 1.807) is 43.7 Å². The molecule has 150 valence electrons. The molecule has 0 aliphatic rings. The van der Waals surface area contributed by atoms with Crippen molar-refractivity contribution < 1.29 is 14.0 Å². The molecule has 0 aliphatic carbocycles. The summed E-state index contributed by atoms with van der Waals surface area (Å²) in [5.74, 6) is -1.01. The molecule has 2 aromatic heterocycles. The van der Waals surface area contributed by atoms with Gasteiger partial charge in [0, 0.05) is 0 Å². The predicted molar refractivity (Wildman–Crippen MR) is 112 cm³/mol. The van der Waals surface area contributed by atoms with E-state index in [1.807, 2.05) is 16.7 Å². The Morgan fingerprint density at radius 2 is 1.83 bits per heavy atom. The average Bonchev–Trinajstić information content (AvgIpc) is 3.12. The first-order valence-corrected chi connectivity index (χ1v) is 10.6. The Labute approximate surface area is 177 Å². The van der Waals surface area contributed by atoms with Gasteiger partial charge in [0.1, 0.15) is 0 Å². The van der Waals surface area contributed by atoms with Crippen molar-refractivity contribution in [1.82, 2.24) is 19.9 Å². The second-order valence-electron chi connectivity index (χ2n) is 6.29. The molecular weight excluding hydrogens is 452 g/mol. The molecule has 0 atom stereocenters. The number of hydrogen-bond donors (Lipinski definition) is 2. The van der Waals surface area contributed by atoms with Crippen molar-refractivity contribution in [2.75, 3.05) is 7.05 Å². The molecule has 0 saturated heterocycles. The molecule has 0 fully saturated rings. The van der Waals surface area contributed by atoms with Gasteiger partial charge in [0.15, 0.2) is 0 Å². The molecule has 0 saturated carbocycles. The zero-order valence-electron chi connectivity index (χ0n) is 15.8. The number of nitrogens with one attached hydrogen (secondary N) is 1. The fourth-order valence-electron chi connectivity index (χ4n) is 3.12. The summed E-state index contributed by atoms with van der Waals surface area (Å²) in [5, 5.41) is 3.37. The molecule has 0 aliphatic heterocycles. The summed E-state index contributed by atoms with van der Waals surface area (Å²) in [6.07, 6.45) is 3.25. The van der Waals surface area contributed by atoms with Crippen LogP contribution >= 0.6 is 0 Å². The SMILES string of the molecule is CNC(=O)c1cccc2c1cc([Se]c1ccc(F)cc1C(N)=O)n2-c1ncccn1. The maximum atomic E-state index is 13.7. The monoisotopic (exact) mass is 469 g/mol. The average molecular weight is 468 g/mol. The van der Waals surface area contributed by atoms with Gasteiger partial charge in [-0.25, -0.2) is 0 Å². The molecule has 2 aromatic carbocycles. The van der Waals surface area contributed by atoms with Gasteiger partial charge in [0.05, 0.1) is 0 Å². The third-order valence-corrected chi connectivity index (χ3v) is 6.74. The summed E-state index contributed by atoms with van der Waals surface area (Å²) < 4.78 is 16.9. The second kappa shape index (κ2) is 8.06. The van der Waals surface area contributed by atoms with Gasteiger partial charge >= 0.3 is 177 Å². The zero-order valence-corrected chi connectivity index (χ0v) is 17.5. The van der Waals surface area contributed by atoms with E-state index < -0.39 is 26.7 Å². The molecule has 30 heavy (non-hydrogen) atoms. The molecular formula is C21H16FN5O2Se. The van der Waals surface area contributed by atoms with E-state index >= 15 is 0 Å². The normalized spacial score (nSPS) is 10.9. The maximum absolute atomic E-state index is 13.7. The van der Waals surface area contributed by atoms with Crippen LogP contribution in [0.4, 0.5) is 4.39 Å². The first kappa shape index (κ1) is 19.8. The molecule has 0 radical (unpaired) electrons. The number of rotatable bonds is 5. The molecule has 3 N–H and O–H groups in total. The van der Waals surface area contributed by atoms with Crippen molar-refractivity contribution in [2.45, 2.75) is 0 Å². The first-order valence-electron chi connectivity index (χ1n) is 8.90. The number of halogens is 1. The van der Waals surface area contributed by atoms with E-state index in [0.717, 1.165) is 21.6 Å². The standard InChI is InChI=1S/C21H16FN5O2Se/c1-24-20(29)13-4-2-5-16-14(13)11-18(27(16)21-25-8-3-9-26-21)30-17-7-6-12(22)10-15(17)19(23)28/h2-11H,1H3,(H2,23,28)(H,24,29). The van der Waals surface area contributed by atoms with Gasteiger partial charge in [-0.2, -0.15) is 0 Å². The Kier molecular flexibility index (Phi) is 5.31. The Bertz CT molecular complexity index is 1270. The van der Waals surface area contributed by atoms with Crippen LogP contribution < -0.4 is 20.1 Å². The van der Waals surface area contributed by atoms with E-state index in [2.05, 4.69) is 15.3 Å². The molecule has 7 nitrogen and oxygen atoms in total. The second-order valence-corrected chi connectivity index (χ2v) is 8.52. The van der Waals surface area contributed by atoms with Crippen LogP contribution in [0.5, 0.6) is 0 Å². The van der Waals surface area contributed by atoms with Crippen LogP contribution in [0, 0.1) is 5.82 Å². The number of benzene rings is 2. The number of hydrogen-bond acceptors (Lipinski definition) is 4. The van der Waals surface area contributed by atoms with Crippen LogP contribution in [0.2, 0.25) is 0 Å². The molecule has 0 spiro atoms. The third kappa shape index (κ3) is 3.56. The van der Waals surface area contributed by atoms with Gasteiger partial charge in [-0.3, -0.25) is 0 Å². The van der Waals surface area contributed by atoms with Crippen LogP contribution in [0.15, 0.2) is 60.9 Å². The number of amides is 2. The first-order chi connectivity index (χ1) is 14.5. The van der Waals surface area contributed by atoms with Gasteiger partial charge in [0.25, 0.3) is 0 Å². The molecule has 4 rings (SSSR count). The number of aromatic nitrogens is 3. The van der Waals surface area contributed by atoms with Crippen molar-refractivity contribution in [3.05, 3.63) is 77.9 Å². The number of carbonyl (C=O) groups excluding carboxylic acids is 2. The fourth-order valence-corrected chi connectivity index (χ4v) is 5.39. The molecule has 0 unspecified atom stereocenters. The van der Waals surface area contributed by atoms with Gasteiger partial charge in [0.2, 0.25) is 0 Å². The minimum absolute atomic E-state index is 0.132. The van der Waals surface area contributed by atoms with Crippen LogP contribution in [0.3, 0.4) is 0 Å². The van der Waals surface area contributed by atoms with Crippen molar-refractivity contribution in [3.63, 3.8) is 0 Å². The van der Waals surface area contributed by atoms with Crippen molar-refractivity contribution >= 4 is 46.7 Å². The van der Waals surface area contributed by atoms with Crippen molar-refractivity contribution in [1.29, 1.82) is 0 Å². The van der Waals surface area contributed by atoms with Gasteiger partial charge in [-0.05, 0) is 0 Å². The summed E-state index contributed by atoms with van der Waals surface area (Å²) in [5.41, 5.74) is 6.86. The number of nitrogens with two attached hydrogens (primary N) is 1. The Morgan fingerprint density at radius 3 is 2.53 bits per heavy atom. The zero-order chi connectivity index (χ0) is 21.3. The van der Waals surface area contributed by atoms with E-state index in [9.17, 15) is 14.0 Å². The van der Waals surface area contributed by atoms with Crippen LogP contribution in [-0.4, -0.2) is 48.4 Å². The summed E-state index contributed by atoms with van der Waals surface area (Å²) in [6.45, 7) is 0. The topological polar surface area (TPSA) is 103 Å². The van der Waals surface area contributed by atoms with Crippen molar-refractivity contribution in [2.24, 2.45) is 5.73 Å². The van der Waals surface area contributed by atoms with Crippen LogP contribution in [0.1, 0.15) is 20.7 Å². The van der Waals surface area contributed by atoms with E-state index in [1.165, 1.54) is 6.07 Å². The fraction of sp³-hybridized carbons (Fsp3) is 0.0476. The number of nitrogens with zero attached hydrogens (tertiary/aromatic N) is 3. The Balaban J connectivity index is 1.96. The van der Waals surface area contributed by atoms with E-state index in [-0.39, 0.29) is 11.5 Å². The third-order valence-electron chi connectivity index (χ3n) is 4.46. The molecule has 0 bridgehead atoms. The summed E-state index contributed by atoms with van der Waals surface area (Å²) in [4.78, 5) is 32.9. The van der Waals surface area contributed by atoms with Gasteiger partial charge in [-0.15, -0.1) is 0 Å². The van der Waals surface area contributed by atoms with E-state index in [0.29, 0.717) is 16.0 Å². The molecule has 2 amide bonds. The minimum atomic E-state index is -0.698. The molecule has 2 heterocycles. The number of primary amides is 1. The summed E-state index contributed by atoms with van der Waals surface area (Å²) in [7, 11) is 1.57. The van der Waals surface area contributed by atoms with Crippen LogP contribution in [-0.2, 0) is 0 Å². The number of carbonyl (C=O) groups is 2. The van der Waals surface area contributed by atoms with E-state index in [4.69, 9.17) is 5.73 Å². The molecule has 9 heteroatoms. The van der Waals surface area contributed by atoms with Crippen LogP contribution in [0.25, 0.3) is 16.9 Å². The van der Waals surface area contributed by atoms with Gasteiger partial charge < -0.3 is 0 Å². The number of fused-ring (bicyclic) bond motifs is 1. The predicted octanol–water partition coefficient (Wildman–Crippen LogP) is 0.673.